The number of halogens is 4. The smallest absolute Gasteiger partial charge is 0.422 e. The van der Waals surface area contributed by atoms with Crippen molar-refractivity contribution in [2.75, 3.05) is 13.2 Å². The lowest BCUT2D eigenvalue weighted by Crippen LogP contribution is -2.42. The molecule has 0 radical (unpaired) electrons. The molecule has 1 aromatic rings. The zero-order valence-corrected chi connectivity index (χ0v) is 13.1. The van der Waals surface area contributed by atoms with Crippen molar-refractivity contribution in [1.29, 1.82) is 0 Å². The summed E-state index contributed by atoms with van der Waals surface area (Å²) in [6.07, 6.45) is -3.29. The highest BCUT2D eigenvalue weighted by atomic mass is 19.4. The molecule has 136 valence electrons. The molecular formula is C15H16F4N4O2. The van der Waals surface area contributed by atoms with E-state index >= 15 is 0 Å². The first-order chi connectivity index (χ1) is 11.6. The van der Waals surface area contributed by atoms with Crippen LogP contribution in [0.2, 0.25) is 0 Å². The van der Waals surface area contributed by atoms with E-state index < -0.39 is 36.0 Å². The molecule has 2 amide bonds. The second-order valence-corrected chi connectivity index (χ2v) is 6.26. The predicted molar refractivity (Wildman–Crippen MR) is 80.5 cm³/mol. The van der Waals surface area contributed by atoms with Crippen molar-refractivity contribution in [2.24, 2.45) is 16.5 Å². The quantitative estimate of drug-likeness (QED) is 0.479. The van der Waals surface area contributed by atoms with Crippen molar-refractivity contribution in [1.82, 2.24) is 4.90 Å². The molecule has 0 unspecified atom stereocenters. The van der Waals surface area contributed by atoms with E-state index in [1.807, 2.05) is 0 Å². The third-order valence-corrected chi connectivity index (χ3v) is 4.33. The van der Waals surface area contributed by atoms with Crippen LogP contribution in [0.15, 0.2) is 17.1 Å². The molecule has 0 atom stereocenters. The van der Waals surface area contributed by atoms with Gasteiger partial charge in [0.25, 0.3) is 0 Å². The molecule has 0 saturated heterocycles. The number of carbonyl (C=O) groups excluding carboxylic acids is 1. The van der Waals surface area contributed by atoms with Crippen LogP contribution in [0.3, 0.4) is 0 Å². The number of hydrogen-bond donors (Lipinski definition) is 2. The van der Waals surface area contributed by atoms with Gasteiger partial charge in [-0.15, -0.1) is 0 Å². The van der Waals surface area contributed by atoms with Gasteiger partial charge in [0.15, 0.2) is 12.6 Å². The van der Waals surface area contributed by atoms with Crippen LogP contribution in [0.5, 0.6) is 5.75 Å². The van der Waals surface area contributed by atoms with Crippen LogP contribution in [0.1, 0.15) is 24.0 Å². The topological polar surface area (TPSA) is 93.9 Å². The second-order valence-electron chi connectivity index (χ2n) is 6.26. The van der Waals surface area contributed by atoms with E-state index in [9.17, 15) is 22.4 Å². The van der Waals surface area contributed by atoms with Gasteiger partial charge in [0.1, 0.15) is 11.6 Å². The summed E-state index contributed by atoms with van der Waals surface area (Å²) in [4.78, 5) is 16.8. The Bertz CT molecular complexity index is 740. The Balaban J connectivity index is 1.97. The van der Waals surface area contributed by atoms with Crippen LogP contribution in [0.25, 0.3) is 0 Å². The molecule has 10 heteroatoms. The first kappa shape index (κ1) is 17.3. The van der Waals surface area contributed by atoms with Gasteiger partial charge < -0.3 is 21.1 Å². The second kappa shape index (κ2) is 5.78. The highest BCUT2D eigenvalue weighted by Crippen LogP contribution is 2.54. The van der Waals surface area contributed by atoms with Gasteiger partial charge >= 0.3 is 12.2 Å². The zero-order valence-electron chi connectivity index (χ0n) is 13.1. The minimum Gasteiger partial charge on any atom is -0.484 e. The van der Waals surface area contributed by atoms with Gasteiger partial charge in [0, 0.05) is 23.1 Å². The highest BCUT2D eigenvalue weighted by molar-refractivity contribution is 5.90. The van der Waals surface area contributed by atoms with Crippen LogP contribution >= 0.6 is 0 Å². The van der Waals surface area contributed by atoms with Crippen molar-refractivity contribution in [3.8, 4) is 5.75 Å². The predicted octanol–water partition coefficient (Wildman–Crippen LogP) is 2.01. The maximum absolute atomic E-state index is 14.4. The summed E-state index contributed by atoms with van der Waals surface area (Å²) in [6.45, 7) is -1.42. The summed E-state index contributed by atoms with van der Waals surface area (Å²) in [5.41, 5.74) is 10.3. The van der Waals surface area contributed by atoms with Crippen molar-refractivity contribution in [2.45, 2.75) is 31.0 Å². The number of fused-ring (bicyclic) bond motifs is 2. The largest absolute Gasteiger partial charge is 0.484 e. The van der Waals surface area contributed by atoms with Gasteiger partial charge in [-0.3, -0.25) is 0 Å². The van der Waals surface area contributed by atoms with Gasteiger partial charge in [0.05, 0.1) is 6.54 Å². The van der Waals surface area contributed by atoms with Gasteiger partial charge in [-0.1, -0.05) is 0 Å². The molecule has 4 N–H and O–H groups in total. The molecule has 0 aromatic heterocycles. The van der Waals surface area contributed by atoms with E-state index in [0.29, 0.717) is 18.4 Å². The number of alkyl halides is 3. The lowest BCUT2D eigenvalue weighted by Gasteiger charge is -2.35. The SMILES string of the molecule is NC(N)=NC(=O)N1Cc2c(OCC(F)(F)F)ccc(F)c2C2(CC2)C1. The third kappa shape index (κ3) is 3.47. The average molecular weight is 360 g/mol. The summed E-state index contributed by atoms with van der Waals surface area (Å²) >= 11 is 0. The van der Waals surface area contributed by atoms with Gasteiger partial charge in [0.2, 0.25) is 0 Å². The minimum atomic E-state index is -4.53. The molecule has 1 saturated carbocycles. The monoisotopic (exact) mass is 360 g/mol. The third-order valence-electron chi connectivity index (χ3n) is 4.33. The summed E-state index contributed by atoms with van der Waals surface area (Å²) in [6, 6.07) is 1.52. The number of rotatable bonds is 2. The first-order valence-electron chi connectivity index (χ1n) is 7.51. The molecule has 1 aromatic carbocycles. The summed E-state index contributed by atoms with van der Waals surface area (Å²) in [7, 11) is 0. The van der Waals surface area contributed by atoms with Crippen LogP contribution in [0.4, 0.5) is 22.4 Å². The van der Waals surface area contributed by atoms with Crippen molar-refractivity contribution in [3.63, 3.8) is 0 Å². The summed E-state index contributed by atoms with van der Waals surface area (Å²) in [5, 5.41) is 0. The Kier molecular flexibility index (Phi) is 4.00. The number of hydrogen-bond acceptors (Lipinski definition) is 2. The lowest BCUT2D eigenvalue weighted by atomic mass is 9.86. The molecule has 2 aliphatic rings. The normalized spacial score (nSPS) is 17.8. The Morgan fingerprint density at radius 3 is 2.56 bits per heavy atom. The van der Waals surface area contributed by atoms with E-state index in [1.54, 1.807) is 0 Å². The highest BCUT2D eigenvalue weighted by Gasteiger charge is 2.52. The van der Waals surface area contributed by atoms with E-state index in [2.05, 4.69) is 4.99 Å². The number of ether oxygens (including phenoxy) is 1. The van der Waals surface area contributed by atoms with Crippen molar-refractivity contribution >= 4 is 12.0 Å². The number of aliphatic imine (C=N–C) groups is 1. The number of benzene rings is 1. The van der Waals surface area contributed by atoms with Crippen LogP contribution in [-0.4, -0.2) is 36.2 Å². The zero-order chi connectivity index (χ0) is 18.4. The van der Waals surface area contributed by atoms with E-state index in [-0.39, 0.29) is 24.4 Å². The van der Waals surface area contributed by atoms with Gasteiger partial charge in [-0.05, 0) is 25.0 Å². The fraction of sp³-hybridized carbons (Fsp3) is 0.467. The molecule has 1 aliphatic carbocycles. The molecule has 1 heterocycles. The minimum absolute atomic E-state index is 0.0952. The molecule has 6 nitrogen and oxygen atoms in total. The van der Waals surface area contributed by atoms with Gasteiger partial charge in [-0.2, -0.15) is 18.2 Å². The molecule has 0 bridgehead atoms. The number of amides is 2. The maximum atomic E-state index is 14.4. The Hall–Kier alpha value is -2.52. The lowest BCUT2D eigenvalue weighted by molar-refractivity contribution is -0.153. The summed E-state index contributed by atoms with van der Waals surface area (Å²) in [5.74, 6) is -1.03. The van der Waals surface area contributed by atoms with E-state index in [4.69, 9.17) is 16.2 Å². The molecule has 1 aliphatic heterocycles. The Labute approximate surface area is 140 Å². The fourth-order valence-corrected chi connectivity index (χ4v) is 3.19. The molecule has 3 rings (SSSR count). The van der Waals surface area contributed by atoms with Crippen LogP contribution in [-0.2, 0) is 12.0 Å². The number of nitrogens with zero attached hydrogens (tertiary/aromatic N) is 2. The molecule has 1 spiro atoms. The maximum Gasteiger partial charge on any atom is 0.422 e. The number of guanidine groups is 1. The Morgan fingerprint density at radius 2 is 2.00 bits per heavy atom. The standard InChI is InChI=1S/C15H16F4N4O2/c16-9-1-2-10(25-7-15(17,18)19)8-5-23(13(24)22-12(20)21)6-14(3-4-14)11(8)9/h1-2H,3-7H2,(H4,20,21,22,24). The first-order valence-corrected chi connectivity index (χ1v) is 7.51. The van der Waals surface area contributed by atoms with E-state index in [0.717, 1.165) is 12.1 Å². The molecular weight excluding hydrogens is 344 g/mol. The van der Waals surface area contributed by atoms with Crippen molar-refractivity contribution in [3.05, 3.63) is 29.1 Å². The molecule has 1 fully saturated rings. The van der Waals surface area contributed by atoms with Crippen LogP contribution in [0, 0.1) is 5.82 Å². The number of nitrogens with two attached hydrogens (primary N) is 2. The number of carbonyl (C=O) groups is 1. The molecule has 25 heavy (non-hydrogen) atoms. The van der Waals surface area contributed by atoms with Gasteiger partial charge in [-0.25, -0.2) is 9.18 Å². The van der Waals surface area contributed by atoms with Crippen molar-refractivity contribution < 1.29 is 27.1 Å². The van der Waals surface area contributed by atoms with Crippen LogP contribution < -0.4 is 16.2 Å². The average Bonchev–Trinajstić information content (AvgIpc) is 3.24. The van der Waals surface area contributed by atoms with E-state index in [1.165, 1.54) is 4.90 Å². The fourth-order valence-electron chi connectivity index (χ4n) is 3.19. The Morgan fingerprint density at radius 1 is 1.32 bits per heavy atom. The number of urea groups is 1. The summed E-state index contributed by atoms with van der Waals surface area (Å²) < 4.78 is 56.6.